The van der Waals surface area contributed by atoms with E-state index in [4.69, 9.17) is 9.83 Å². The van der Waals surface area contributed by atoms with Crippen molar-refractivity contribution in [3.05, 3.63) is 82.7 Å². The van der Waals surface area contributed by atoms with E-state index in [-0.39, 0.29) is 27.2 Å². The SMILES string of the molecule is N=C1S/C(=C\c2ccc(-c3ccccc3F)o2)C(=O)N1c1ccccc1C(F)(F)F. The molecule has 3 aromatic rings. The Bertz CT molecular complexity index is 1180. The largest absolute Gasteiger partial charge is 0.457 e. The van der Waals surface area contributed by atoms with Gasteiger partial charge in [0.15, 0.2) is 5.17 Å². The van der Waals surface area contributed by atoms with Crippen LogP contribution in [0.4, 0.5) is 23.2 Å². The first-order valence-corrected chi connectivity index (χ1v) is 9.41. The van der Waals surface area contributed by atoms with Crippen LogP contribution in [0.2, 0.25) is 0 Å². The molecule has 1 amide bonds. The number of rotatable bonds is 3. The van der Waals surface area contributed by atoms with Crippen LogP contribution in [0.25, 0.3) is 17.4 Å². The summed E-state index contributed by atoms with van der Waals surface area (Å²) in [5.41, 5.74) is -1.19. The van der Waals surface area contributed by atoms with E-state index in [1.54, 1.807) is 6.07 Å². The van der Waals surface area contributed by atoms with Crippen LogP contribution in [0.3, 0.4) is 0 Å². The maximum Gasteiger partial charge on any atom is 0.418 e. The normalized spacial score (nSPS) is 16.0. The second kappa shape index (κ2) is 7.49. The fourth-order valence-corrected chi connectivity index (χ4v) is 3.81. The van der Waals surface area contributed by atoms with Gasteiger partial charge in [0.1, 0.15) is 17.3 Å². The Kier molecular flexibility index (Phi) is 4.98. The molecule has 1 fully saturated rings. The molecule has 0 bridgehead atoms. The highest BCUT2D eigenvalue weighted by Crippen LogP contribution is 2.42. The van der Waals surface area contributed by atoms with Crippen molar-refractivity contribution in [2.45, 2.75) is 6.18 Å². The molecule has 1 aliphatic heterocycles. The summed E-state index contributed by atoms with van der Waals surface area (Å²) in [7, 11) is 0. The van der Waals surface area contributed by atoms with E-state index in [2.05, 4.69) is 0 Å². The first kappa shape index (κ1) is 20.0. The highest BCUT2D eigenvalue weighted by Gasteiger charge is 2.40. The maximum atomic E-state index is 13.9. The van der Waals surface area contributed by atoms with Crippen molar-refractivity contribution in [2.24, 2.45) is 0 Å². The number of para-hydroxylation sites is 1. The van der Waals surface area contributed by atoms with E-state index < -0.39 is 29.2 Å². The summed E-state index contributed by atoms with van der Waals surface area (Å²) >= 11 is 0.718. The van der Waals surface area contributed by atoms with E-state index >= 15 is 0 Å². The zero-order chi connectivity index (χ0) is 21.5. The summed E-state index contributed by atoms with van der Waals surface area (Å²) in [6.45, 7) is 0. The molecule has 1 aromatic heterocycles. The molecule has 0 spiro atoms. The van der Waals surface area contributed by atoms with E-state index in [1.165, 1.54) is 48.5 Å². The zero-order valence-corrected chi connectivity index (χ0v) is 15.9. The molecule has 0 aliphatic carbocycles. The van der Waals surface area contributed by atoms with E-state index in [1.807, 2.05) is 0 Å². The van der Waals surface area contributed by atoms with Gasteiger partial charge in [0.25, 0.3) is 5.91 Å². The summed E-state index contributed by atoms with van der Waals surface area (Å²) in [5, 5.41) is 7.66. The van der Waals surface area contributed by atoms with Crippen LogP contribution in [0, 0.1) is 11.2 Å². The smallest absolute Gasteiger partial charge is 0.418 e. The van der Waals surface area contributed by atoms with Gasteiger partial charge in [-0.2, -0.15) is 13.2 Å². The minimum Gasteiger partial charge on any atom is -0.457 e. The lowest BCUT2D eigenvalue weighted by molar-refractivity contribution is -0.137. The second-order valence-corrected chi connectivity index (χ2v) is 7.28. The standard InChI is InChI=1S/C21H12F4N2O2S/c22-15-7-3-1-5-13(15)17-10-9-12(29-17)11-18-19(28)27(20(26)30-18)16-8-4-2-6-14(16)21(23,24)25/h1-11,26H/b18-11-,26-20?. The maximum absolute atomic E-state index is 13.9. The molecule has 0 saturated carbocycles. The van der Waals surface area contributed by atoms with Crippen LogP contribution in [-0.4, -0.2) is 11.1 Å². The number of benzene rings is 2. The Morgan fingerprint density at radius 3 is 2.43 bits per heavy atom. The van der Waals surface area contributed by atoms with Gasteiger partial charge in [0.2, 0.25) is 0 Å². The Morgan fingerprint density at radius 1 is 1.00 bits per heavy atom. The van der Waals surface area contributed by atoms with Crippen LogP contribution >= 0.6 is 11.8 Å². The Labute approximate surface area is 172 Å². The van der Waals surface area contributed by atoms with Gasteiger partial charge >= 0.3 is 6.18 Å². The Balaban J connectivity index is 1.66. The first-order chi connectivity index (χ1) is 14.3. The molecule has 1 aliphatic rings. The van der Waals surface area contributed by atoms with Gasteiger partial charge in [-0.1, -0.05) is 24.3 Å². The van der Waals surface area contributed by atoms with Crippen molar-refractivity contribution in [3.8, 4) is 11.3 Å². The lowest BCUT2D eigenvalue weighted by Gasteiger charge is -2.19. The molecule has 4 rings (SSSR count). The molecule has 0 atom stereocenters. The summed E-state index contributed by atoms with van der Waals surface area (Å²) < 4.78 is 59.4. The van der Waals surface area contributed by atoms with Crippen molar-refractivity contribution >= 4 is 34.6 Å². The molecule has 1 N–H and O–H groups in total. The molecule has 0 unspecified atom stereocenters. The predicted octanol–water partition coefficient (Wildman–Crippen LogP) is 6.16. The highest BCUT2D eigenvalue weighted by atomic mass is 32.2. The van der Waals surface area contributed by atoms with Crippen molar-refractivity contribution in [3.63, 3.8) is 0 Å². The van der Waals surface area contributed by atoms with Crippen LogP contribution in [0.15, 0.2) is 70.0 Å². The minimum absolute atomic E-state index is 0.0198. The van der Waals surface area contributed by atoms with Gasteiger partial charge in [-0.25, -0.2) is 4.39 Å². The number of nitrogens with one attached hydrogen (secondary N) is 1. The molecule has 152 valence electrons. The molecule has 0 radical (unpaired) electrons. The van der Waals surface area contributed by atoms with Gasteiger partial charge in [0.05, 0.1) is 21.7 Å². The van der Waals surface area contributed by atoms with Gasteiger partial charge in [-0.15, -0.1) is 0 Å². The fourth-order valence-electron chi connectivity index (χ4n) is 2.98. The van der Waals surface area contributed by atoms with Crippen LogP contribution in [0.1, 0.15) is 11.3 Å². The Hall–Kier alpha value is -3.33. The van der Waals surface area contributed by atoms with Crippen molar-refractivity contribution in [1.29, 1.82) is 5.41 Å². The molecular weight excluding hydrogens is 420 g/mol. The summed E-state index contributed by atoms with van der Waals surface area (Å²) in [4.78, 5) is 13.5. The zero-order valence-electron chi connectivity index (χ0n) is 15.0. The third kappa shape index (κ3) is 3.63. The number of thioether (sulfide) groups is 1. The predicted molar refractivity (Wildman–Crippen MR) is 106 cm³/mol. The number of halogens is 4. The number of alkyl halides is 3. The lowest BCUT2D eigenvalue weighted by Crippen LogP contribution is -2.30. The number of hydrogen-bond donors (Lipinski definition) is 1. The number of amidine groups is 1. The van der Waals surface area contributed by atoms with Crippen LogP contribution in [-0.2, 0) is 11.0 Å². The highest BCUT2D eigenvalue weighted by molar-refractivity contribution is 8.19. The molecule has 9 heteroatoms. The number of amides is 1. The average Bonchev–Trinajstić information content (AvgIpc) is 3.26. The number of nitrogens with zero attached hydrogens (tertiary/aromatic N) is 1. The number of anilines is 1. The minimum atomic E-state index is -4.68. The number of hydrogen-bond acceptors (Lipinski definition) is 4. The van der Waals surface area contributed by atoms with Gasteiger partial charge in [0, 0.05) is 6.08 Å². The molecule has 2 heterocycles. The van der Waals surface area contributed by atoms with Gasteiger partial charge in [-0.3, -0.25) is 15.1 Å². The van der Waals surface area contributed by atoms with E-state index in [0.29, 0.717) is 4.90 Å². The molecule has 2 aromatic carbocycles. The van der Waals surface area contributed by atoms with E-state index in [0.717, 1.165) is 23.9 Å². The van der Waals surface area contributed by atoms with Crippen molar-refractivity contribution in [1.82, 2.24) is 0 Å². The van der Waals surface area contributed by atoms with Crippen LogP contribution < -0.4 is 4.90 Å². The molecule has 30 heavy (non-hydrogen) atoms. The van der Waals surface area contributed by atoms with Crippen LogP contribution in [0.5, 0.6) is 0 Å². The van der Waals surface area contributed by atoms with Gasteiger partial charge in [-0.05, 0) is 48.2 Å². The number of furan rings is 1. The third-order valence-electron chi connectivity index (χ3n) is 4.31. The van der Waals surface area contributed by atoms with Crippen molar-refractivity contribution in [2.75, 3.05) is 4.90 Å². The van der Waals surface area contributed by atoms with E-state index in [9.17, 15) is 22.4 Å². The second-order valence-electron chi connectivity index (χ2n) is 6.25. The fraction of sp³-hybridized carbons (Fsp3) is 0.0476. The summed E-state index contributed by atoms with van der Waals surface area (Å²) in [6.07, 6.45) is -3.36. The molecule has 4 nitrogen and oxygen atoms in total. The summed E-state index contributed by atoms with van der Waals surface area (Å²) in [5.74, 6) is -0.799. The third-order valence-corrected chi connectivity index (χ3v) is 5.20. The summed E-state index contributed by atoms with van der Waals surface area (Å²) in [6, 6.07) is 13.6. The lowest BCUT2D eigenvalue weighted by atomic mass is 10.1. The number of carbonyl (C=O) groups excluding carboxylic acids is 1. The van der Waals surface area contributed by atoms with Crippen molar-refractivity contribution < 1.29 is 26.8 Å². The number of carbonyl (C=O) groups is 1. The molecular formula is C21H12F4N2O2S. The molecule has 1 saturated heterocycles. The van der Waals surface area contributed by atoms with Gasteiger partial charge < -0.3 is 4.42 Å². The quantitative estimate of drug-likeness (QED) is 0.398. The first-order valence-electron chi connectivity index (χ1n) is 8.59. The Morgan fingerprint density at radius 2 is 1.70 bits per heavy atom. The topological polar surface area (TPSA) is 57.3 Å². The monoisotopic (exact) mass is 432 g/mol. The average molecular weight is 432 g/mol.